The molecule has 0 fully saturated rings. The summed E-state index contributed by atoms with van der Waals surface area (Å²) >= 11 is 6.33. The first-order chi connectivity index (χ1) is 16.4. The molecule has 34 heavy (non-hydrogen) atoms. The van der Waals surface area contributed by atoms with Gasteiger partial charge >= 0.3 is 6.03 Å². The van der Waals surface area contributed by atoms with E-state index in [1.165, 1.54) is 18.3 Å². The van der Waals surface area contributed by atoms with Gasteiger partial charge in [-0.25, -0.2) is 14.2 Å². The molecule has 1 heterocycles. The van der Waals surface area contributed by atoms with Crippen molar-refractivity contribution >= 4 is 46.5 Å². The van der Waals surface area contributed by atoms with Gasteiger partial charge in [-0.2, -0.15) is 4.98 Å². The molecule has 0 saturated heterocycles. The lowest BCUT2D eigenvalue weighted by atomic mass is 10.2. The minimum Gasteiger partial charge on any atom is -0.487 e. The quantitative estimate of drug-likeness (QED) is 0.249. The lowest BCUT2D eigenvalue weighted by Crippen LogP contribution is -2.20. The van der Waals surface area contributed by atoms with E-state index in [1.807, 2.05) is 0 Å². The molecule has 5 N–H and O–H groups in total. The number of nitrogens with two attached hydrogens (primary N) is 1. The van der Waals surface area contributed by atoms with E-state index in [2.05, 4.69) is 25.9 Å². The molecule has 4 rings (SSSR count). The van der Waals surface area contributed by atoms with Gasteiger partial charge in [0.05, 0.1) is 5.02 Å². The molecule has 0 aliphatic heterocycles. The molecule has 8 nitrogen and oxygen atoms in total. The van der Waals surface area contributed by atoms with Crippen LogP contribution < -0.4 is 26.4 Å². The van der Waals surface area contributed by atoms with E-state index in [-0.39, 0.29) is 18.4 Å². The number of urea groups is 1. The second-order valence-electron chi connectivity index (χ2n) is 7.16. The predicted molar refractivity (Wildman–Crippen MR) is 131 cm³/mol. The van der Waals surface area contributed by atoms with E-state index in [4.69, 9.17) is 22.1 Å². The maximum Gasteiger partial charge on any atom is 0.324 e. The van der Waals surface area contributed by atoms with Gasteiger partial charge in [-0.15, -0.1) is 0 Å². The van der Waals surface area contributed by atoms with Gasteiger partial charge in [-0.05, 0) is 60.2 Å². The van der Waals surface area contributed by atoms with Crippen LogP contribution in [0.25, 0.3) is 0 Å². The molecule has 0 atom stereocenters. The summed E-state index contributed by atoms with van der Waals surface area (Å²) in [5, 5.41) is 8.70. The zero-order valence-corrected chi connectivity index (χ0v) is 18.5. The Morgan fingerprint density at radius 1 is 1.00 bits per heavy atom. The largest absolute Gasteiger partial charge is 0.487 e. The van der Waals surface area contributed by atoms with Crippen molar-refractivity contribution in [2.75, 3.05) is 21.7 Å². The van der Waals surface area contributed by atoms with E-state index in [9.17, 15) is 9.18 Å². The van der Waals surface area contributed by atoms with Gasteiger partial charge in [-0.3, -0.25) is 5.32 Å². The minimum atomic E-state index is -0.474. The monoisotopic (exact) mass is 478 g/mol. The number of anilines is 5. The van der Waals surface area contributed by atoms with Crippen molar-refractivity contribution in [3.8, 4) is 5.75 Å². The average Bonchev–Trinajstić information content (AvgIpc) is 2.79. The first kappa shape index (κ1) is 22.8. The molecule has 4 aromatic rings. The highest BCUT2D eigenvalue weighted by atomic mass is 35.5. The zero-order valence-electron chi connectivity index (χ0n) is 17.8. The molecule has 0 saturated carbocycles. The Balaban J connectivity index is 1.36. The molecule has 172 valence electrons. The third-order valence-electron chi connectivity index (χ3n) is 4.51. The van der Waals surface area contributed by atoms with Crippen molar-refractivity contribution in [1.82, 2.24) is 9.97 Å². The fourth-order valence-corrected chi connectivity index (χ4v) is 3.23. The summed E-state index contributed by atoms with van der Waals surface area (Å²) in [4.78, 5) is 20.7. The van der Waals surface area contributed by atoms with E-state index in [0.717, 1.165) is 0 Å². The number of hydrogen-bond donors (Lipinski definition) is 4. The maximum atomic E-state index is 13.3. The smallest absolute Gasteiger partial charge is 0.324 e. The number of nitrogens with zero attached hydrogens (tertiary/aromatic N) is 2. The van der Waals surface area contributed by atoms with Crippen LogP contribution in [0.15, 0.2) is 79.0 Å². The SMILES string of the molecule is Nc1cccc(NC(=O)Nc2ccnc(Nc3ccc(OCc4cccc(F)c4)c(Cl)c3)n2)c1. The maximum absolute atomic E-state index is 13.3. The Labute approximate surface area is 200 Å². The minimum absolute atomic E-state index is 0.179. The number of carbonyl (C=O) groups is 1. The third kappa shape index (κ3) is 6.33. The van der Waals surface area contributed by atoms with E-state index in [1.54, 1.807) is 60.7 Å². The van der Waals surface area contributed by atoms with Crippen molar-refractivity contribution in [2.24, 2.45) is 0 Å². The number of halogens is 2. The number of nitrogens with one attached hydrogen (secondary N) is 3. The molecule has 0 aliphatic rings. The molecule has 3 aromatic carbocycles. The normalized spacial score (nSPS) is 10.4. The third-order valence-corrected chi connectivity index (χ3v) is 4.81. The number of hydrogen-bond acceptors (Lipinski definition) is 6. The molecule has 0 radical (unpaired) electrons. The first-order valence-corrected chi connectivity index (χ1v) is 10.5. The number of aromatic nitrogens is 2. The van der Waals surface area contributed by atoms with Crippen LogP contribution in [0.4, 0.5) is 38.0 Å². The number of amides is 2. The Bertz CT molecular complexity index is 1320. The second-order valence-corrected chi connectivity index (χ2v) is 7.57. The van der Waals surface area contributed by atoms with Crippen LogP contribution in [0.1, 0.15) is 5.56 Å². The highest BCUT2D eigenvalue weighted by Gasteiger charge is 2.08. The number of carbonyl (C=O) groups excluding carboxylic acids is 1. The second kappa shape index (κ2) is 10.5. The average molecular weight is 479 g/mol. The molecule has 0 spiro atoms. The van der Waals surface area contributed by atoms with E-state index >= 15 is 0 Å². The lowest BCUT2D eigenvalue weighted by Gasteiger charge is -2.11. The summed E-state index contributed by atoms with van der Waals surface area (Å²) in [7, 11) is 0. The predicted octanol–water partition coefficient (Wildman–Crippen LogP) is 5.82. The van der Waals surface area contributed by atoms with Crippen molar-refractivity contribution in [1.29, 1.82) is 0 Å². The number of ether oxygens (including phenoxy) is 1. The fourth-order valence-electron chi connectivity index (χ4n) is 3.00. The summed E-state index contributed by atoms with van der Waals surface area (Å²) in [6.45, 7) is 0.179. The van der Waals surface area contributed by atoms with Gasteiger partial charge in [0.25, 0.3) is 0 Å². The van der Waals surface area contributed by atoms with Crippen LogP contribution >= 0.6 is 11.6 Å². The van der Waals surface area contributed by atoms with Gasteiger partial charge in [-0.1, -0.05) is 29.8 Å². The van der Waals surface area contributed by atoms with Gasteiger partial charge < -0.3 is 21.1 Å². The Morgan fingerprint density at radius 2 is 1.85 bits per heavy atom. The Hall–Kier alpha value is -4.37. The number of nitrogen functional groups attached to an aromatic ring is 1. The van der Waals surface area contributed by atoms with Crippen molar-refractivity contribution < 1.29 is 13.9 Å². The molecule has 2 amide bonds. The van der Waals surface area contributed by atoms with Crippen LogP contribution in [-0.2, 0) is 6.61 Å². The van der Waals surface area contributed by atoms with Crippen molar-refractivity contribution in [2.45, 2.75) is 6.61 Å². The highest BCUT2D eigenvalue weighted by molar-refractivity contribution is 6.32. The first-order valence-electron chi connectivity index (χ1n) is 10.1. The molecule has 1 aromatic heterocycles. The van der Waals surface area contributed by atoms with Gasteiger partial charge in [0, 0.05) is 23.3 Å². The lowest BCUT2D eigenvalue weighted by molar-refractivity contribution is 0.262. The Morgan fingerprint density at radius 3 is 2.65 bits per heavy atom. The summed E-state index contributed by atoms with van der Waals surface area (Å²) in [6, 6.07) is 19.1. The van der Waals surface area contributed by atoms with Crippen LogP contribution in [0, 0.1) is 5.82 Å². The van der Waals surface area contributed by atoms with Crippen LogP contribution in [-0.4, -0.2) is 16.0 Å². The van der Waals surface area contributed by atoms with Gasteiger partial charge in [0.15, 0.2) is 0 Å². The summed E-state index contributed by atoms with van der Waals surface area (Å²) < 4.78 is 19.0. The van der Waals surface area contributed by atoms with E-state index < -0.39 is 6.03 Å². The van der Waals surface area contributed by atoms with Crippen LogP contribution in [0.5, 0.6) is 5.75 Å². The van der Waals surface area contributed by atoms with Crippen LogP contribution in [0.2, 0.25) is 5.02 Å². The topological polar surface area (TPSA) is 114 Å². The summed E-state index contributed by atoms with van der Waals surface area (Å²) in [5.41, 5.74) is 8.12. The van der Waals surface area contributed by atoms with Crippen molar-refractivity contribution in [3.05, 3.63) is 95.4 Å². The van der Waals surface area contributed by atoms with Crippen molar-refractivity contribution in [3.63, 3.8) is 0 Å². The standard InChI is InChI=1S/C24H20ClFN6O2/c25-20-13-19(7-8-21(20)34-14-15-3-1-4-16(26)11-15)29-23-28-10-9-22(31-23)32-24(33)30-18-6-2-5-17(27)12-18/h1-13H,14,27H2,(H3,28,29,30,31,32,33). The van der Waals surface area contributed by atoms with Gasteiger partial charge in [0.2, 0.25) is 5.95 Å². The molecular formula is C24H20ClFN6O2. The molecule has 10 heteroatoms. The molecule has 0 aliphatic carbocycles. The summed E-state index contributed by atoms with van der Waals surface area (Å²) in [6.07, 6.45) is 1.50. The number of rotatable bonds is 7. The van der Waals surface area contributed by atoms with Crippen LogP contribution in [0.3, 0.4) is 0 Å². The molecule has 0 bridgehead atoms. The highest BCUT2D eigenvalue weighted by Crippen LogP contribution is 2.29. The molecule has 0 unspecified atom stereocenters. The number of benzene rings is 3. The molecular weight excluding hydrogens is 459 g/mol. The van der Waals surface area contributed by atoms with E-state index in [0.29, 0.717) is 39.2 Å². The van der Waals surface area contributed by atoms with Gasteiger partial charge in [0.1, 0.15) is 24.0 Å². The Kier molecular flexibility index (Phi) is 7.04. The summed E-state index contributed by atoms with van der Waals surface area (Å²) in [5.74, 6) is 0.669. The zero-order chi connectivity index (χ0) is 23.9. The fraction of sp³-hybridized carbons (Fsp3) is 0.0417.